The van der Waals surface area contributed by atoms with E-state index in [1.807, 2.05) is 42.5 Å². The molecule has 0 N–H and O–H groups in total. The molecule has 1 saturated heterocycles. The Balaban J connectivity index is 1.47. The SMILES string of the molecule is COc1cccc(S(=O)(=O)N2CCCN(C3=Nc4ccccc4Oc4ccc(OC)cc43)CC2)c1. The minimum absolute atomic E-state index is 0.231. The second kappa shape index (κ2) is 9.59. The van der Waals surface area contributed by atoms with Crippen LogP contribution in [0.25, 0.3) is 0 Å². The maximum absolute atomic E-state index is 13.4. The van der Waals surface area contributed by atoms with Crippen LogP contribution in [0.3, 0.4) is 0 Å². The molecule has 9 heteroatoms. The molecule has 5 rings (SSSR count). The maximum atomic E-state index is 13.4. The van der Waals surface area contributed by atoms with Crippen LogP contribution in [0.5, 0.6) is 23.0 Å². The van der Waals surface area contributed by atoms with E-state index in [-0.39, 0.29) is 4.90 Å². The van der Waals surface area contributed by atoms with Crippen LogP contribution in [-0.4, -0.2) is 63.9 Å². The monoisotopic (exact) mass is 493 g/mol. The third kappa shape index (κ3) is 4.56. The van der Waals surface area contributed by atoms with Crippen LogP contribution in [0.1, 0.15) is 12.0 Å². The van der Waals surface area contributed by atoms with E-state index in [9.17, 15) is 8.42 Å². The van der Waals surface area contributed by atoms with E-state index in [0.29, 0.717) is 55.6 Å². The van der Waals surface area contributed by atoms with E-state index in [0.717, 1.165) is 17.1 Å². The molecule has 0 spiro atoms. The number of benzene rings is 3. The van der Waals surface area contributed by atoms with E-state index >= 15 is 0 Å². The standard InChI is InChI=1S/C26H27N3O5S/c1-32-19-7-5-8-21(17-19)35(30,31)29-14-6-13-28(15-16-29)26-22-18-20(33-2)11-12-24(22)34-25-10-4-3-9-23(25)27-26/h3-5,7-12,17-18H,6,13-16H2,1-2H3. The molecule has 182 valence electrons. The summed E-state index contributed by atoms with van der Waals surface area (Å²) >= 11 is 0. The van der Waals surface area contributed by atoms with Crippen LogP contribution >= 0.6 is 0 Å². The first-order valence-corrected chi connectivity index (χ1v) is 12.9. The predicted molar refractivity (Wildman–Crippen MR) is 134 cm³/mol. The molecule has 0 bridgehead atoms. The summed E-state index contributed by atoms with van der Waals surface area (Å²) in [6.45, 7) is 1.89. The van der Waals surface area contributed by atoms with Crippen molar-refractivity contribution in [3.8, 4) is 23.0 Å². The molecule has 0 atom stereocenters. The average Bonchev–Trinajstić information content (AvgIpc) is 3.23. The first-order chi connectivity index (χ1) is 17.0. The Hall–Kier alpha value is -3.56. The zero-order valence-electron chi connectivity index (χ0n) is 19.7. The van der Waals surface area contributed by atoms with Crippen LogP contribution in [0, 0.1) is 0 Å². The van der Waals surface area contributed by atoms with Crippen molar-refractivity contribution in [2.24, 2.45) is 4.99 Å². The van der Waals surface area contributed by atoms with E-state index in [4.69, 9.17) is 19.2 Å². The van der Waals surface area contributed by atoms with Gasteiger partial charge in [-0.2, -0.15) is 4.31 Å². The van der Waals surface area contributed by atoms with E-state index < -0.39 is 10.0 Å². The fraction of sp³-hybridized carbons (Fsp3) is 0.269. The summed E-state index contributed by atoms with van der Waals surface area (Å²) in [7, 11) is -0.508. The molecule has 2 aliphatic heterocycles. The molecule has 0 amide bonds. The van der Waals surface area contributed by atoms with Crippen LogP contribution < -0.4 is 14.2 Å². The van der Waals surface area contributed by atoms with Crippen LogP contribution in [0.4, 0.5) is 5.69 Å². The van der Waals surface area contributed by atoms with E-state index in [2.05, 4.69) is 4.90 Å². The minimum Gasteiger partial charge on any atom is -0.497 e. The lowest BCUT2D eigenvalue weighted by atomic mass is 10.1. The molecule has 3 aromatic carbocycles. The summed E-state index contributed by atoms with van der Waals surface area (Å²) in [4.78, 5) is 7.33. The number of amidine groups is 1. The predicted octanol–water partition coefficient (Wildman–Crippen LogP) is 4.28. The molecule has 2 heterocycles. The summed E-state index contributed by atoms with van der Waals surface area (Å²) in [5, 5.41) is 0. The van der Waals surface area contributed by atoms with Crippen molar-refractivity contribution in [3.05, 3.63) is 72.3 Å². The van der Waals surface area contributed by atoms with Crippen LogP contribution in [-0.2, 0) is 10.0 Å². The molecule has 0 aromatic heterocycles. The van der Waals surface area contributed by atoms with Crippen molar-refractivity contribution in [1.29, 1.82) is 0 Å². The Morgan fingerprint density at radius 2 is 1.63 bits per heavy atom. The number of hydrogen-bond donors (Lipinski definition) is 0. The van der Waals surface area contributed by atoms with Gasteiger partial charge in [0.15, 0.2) is 5.75 Å². The first-order valence-electron chi connectivity index (χ1n) is 11.4. The molecule has 2 aliphatic rings. The molecular weight excluding hydrogens is 466 g/mol. The average molecular weight is 494 g/mol. The number of rotatable bonds is 4. The van der Waals surface area contributed by atoms with Crippen LogP contribution in [0.2, 0.25) is 0 Å². The number of methoxy groups -OCH3 is 2. The van der Waals surface area contributed by atoms with Crippen molar-refractivity contribution in [3.63, 3.8) is 0 Å². The van der Waals surface area contributed by atoms with Gasteiger partial charge < -0.3 is 19.1 Å². The lowest BCUT2D eigenvalue weighted by Gasteiger charge is -2.25. The highest BCUT2D eigenvalue weighted by Gasteiger charge is 2.30. The molecule has 0 aliphatic carbocycles. The fourth-order valence-electron chi connectivity index (χ4n) is 4.33. The van der Waals surface area contributed by atoms with Gasteiger partial charge in [-0.3, -0.25) is 0 Å². The van der Waals surface area contributed by atoms with E-state index in [1.165, 1.54) is 11.4 Å². The summed E-state index contributed by atoms with van der Waals surface area (Å²) in [6.07, 6.45) is 0.657. The number of sulfonamides is 1. The fourth-order valence-corrected chi connectivity index (χ4v) is 5.83. The van der Waals surface area contributed by atoms with Crippen LogP contribution in [0.15, 0.2) is 76.6 Å². The van der Waals surface area contributed by atoms with Gasteiger partial charge in [0.2, 0.25) is 10.0 Å². The highest BCUT2D eigenvalue weighted by atomic mass is 32.2. The van der Waals surface area contributed by atoms with Gasteiger partial charge in [-0.05, 0) is 48.9 Å². The Morgan fingerprint density at radius 3 is 2.46 bits per heavy atom. The topological polar surface area (TPSA) is 80.7 Å². The largest absolute Gasteiger partial charge is 0.497 e. The number of para-hydroxylation sites is 2. The highest BCUT2D eigenvalue weighted by molar-refractivity contribution is 7.89. The molecule has 0 saturated carbocycles. The van der Waals surface area contributed by atoms with Gasteiger partial charge >= 0.3 is 0 Å². The molecule has 1 fully saturated rings. The van der Waals surface area contributed by atoms with E-state index in [1.54, 1.807) is 31.4 Å². The van der Waals surface area contributed by atoms with Crippen molar-refractivity contribution in [1.82, 2.24) is 9.21 Å². The lowest BCUT2D eigenvalue weighted by molar-refractivity contribution is 0.403. The third-order valence-corrected chi connectivity index (χ3v) is 8.07. The molecule has 8 nitrogen and oxygen atoms in total. The maximum Gasteiger partial charge on any atom is 0.243 e. The number of aliphatic imine (C=N–C) groups is 1. The van der Waals surface area contributed by atoms with Crippen molar-refractivity contribution in [2.45, 2.75) is 11.3 Å². The van der Waals surface area contributed by atoms with Crippen molar-refractivity contribution in [2.75, 3.05) is 40.4 Å². The summed E-state index contributed by atoms with van der Waals surface area (Å²) in [5.74, 6) is 3.30. The smallest absolute Gasteiger partial charge is 0.243 e. The zero-order chi connectivity index (χ0) is 24.4. The number of nitrogens with zero attached hydrogens (tertiary/aromatic N) is 3. The summed E-state index contributed by atoms with van der Waals surface area (Å²) < 4.78 is 45.2. The second-order valence-electron chi connectivity index (χ2n) is 8.29. The van der Waals surface area contributed by atoms with Gasteiger partial charge in [-0.1, -0.05) is 18.2 Å². The molecule has 35 heavy (non-hydrogen) atoms. The zero-order valence-corrected chi connectivity index (χ0v) is 20.5. The van der Waals surface area contributed by atoms with Crippen molar-refractivity contribution < 1.29 is 22.6 Å². The van der Waals surface area contributed by atoms with Gasteiger partial charge in [-0.15, -0.1) is 0 Å². The number of fused-ring (bicyclic) bond motifs is 2. The second-order valence-corrected chi connectivity index (χ2v) is 10.2. The molecular formula is C26H27N3O5S. The summed E-state index contributed by atoms with van der Waals surface area (Å²) in [5.41, 5.74) is 1.53. The number of hydrogen-bond acceptors (Lipinski definition) is 7. The van der Waals surface area contributed by atoms with Gasteiger partial charge in [0.05, 0.1) is 24.7 Å². The lowest BCUT2D eigenvalue weighted by Crippen LogP contribution is -2.37. The first kappa shape index (κ1) is 23.2. The Labute approximate surface area is 205 Å². The molecule has 0 unspecified atom stereocenters. The van der Waals surface area contributed by atoms with Gasteiger partial charge in [0.25, 0.3) is 0 Å². The highest BCUT2D eigenvalue weighted by Crippen LogP contribution is 2.39. The van der Waals surface area contributed by atoms with Crippen molar-refractivity contribution >= 4 is 21.5 Å². The third-order valence-electron chi connectivity index (χ3n) is 6.17. The molecule has 0 radical (unpaired) electrons. The normalized spacial score (nSPS) is 16.2. The minimum atomic E-state index is -3.66. The summed E-state index contributed by atoms with van der Waals surface area (Å²) in [6, 6.07) is 19.9. The molecule has 3 aromatic rings. The Bertz CT molecular complexity index is 1370. The van der Waals surface area contributed by atoms with Gasteiger partial charge in [-0.25, -0.2) is 13.4 Å². The Kier molecular flexibility index (Phi) is 6.36. The van der Waals surface area contributed by atoms with Gasteiger partial charge in [0, 0.05) is 32.2 Å². The Morgan fingerprint density at radius 1 is 0.829 bits per heavy atom. The number of ether oxygens (including phenoxy) is 3. The van der Waals surface area contributed by atoms with Gasteiger partial charge in [0.1, 0.15) is 28.8 Å². The quantitative estimate of drug-likeness (QED) is 0.540.